The number of thioether (sulfide) groups is 1. The minimum absolute atomic E-state index is 0.0464. The summed E-state index contributed by atoms with van der Waals surface area (Å²) in [6.07, 6.45) is 3.27. The second kappa shape index (κ2) is 8.41. The van der Waals surface area contributed by atoms with Crippen LogP contribution in [0.5, 0.6) is 0 Å². The summed E-state index contributed by atoms with van der Waals surface area (Å²) in [5.41, 5.74) is 1.68. The van der Waals surface area contributed by atoms with E-state index >= 15 is 0 Å². The lowest BCUT2D eigenvalue weighted by atomic mass is 10.2. The van der Waals surface area contributed by atoms with E-state index in [9.17, 15) is 9.59 Å². The molecule has 8 heteroatoms. The third-order valence-electron chi connectivity index (χ3n) is 4.69. The molecule has 0 radical (unpaired) electrons. The van der Waals surface area contributed by atoms with Gasteiger partial charge >= 0.3 is 0 Å². The van der Waals surface area contributed by atoms with E-state index in [1.807, 2.05) is 50.2 Å². The van der Waals surface area contributed by atoms with Crippen LogP contribution in [-0.2, 0) is 11.3 Å². The van der Waals surface area contributed by atoms with Crippen molar-refractivity contribution in [3.05, 3.63) is 81.1 Å². The van der Waals surface area contributed by atoms with Crippen LogP contribution in [0.4, 0.5) is 5.82 Å². The lowest BCUT2D eigenvalue weighted by Crippen LogP contribution is -2.34. The molecule has 4 rings (SSSR count). The van der Waals surface area contributed by atoms with Crippen molar-refractivity contribution in [3.8, 4) is 0 Å². The minimum Gasteiger partial charge on any atom is -0.365 e. The molecule has 1 aliphatic rings. The first-order valence-corrected chi connectivity index (χ1v) is 10.7. The monoisotopic (exact) mass is 436 g/mol. The summed E-state index contributed by atoms with van der Waals surface area (Å²) in [5.74, 6) is 0.247. The first-order valence-electron chi connectivity index (χ1n) is 9.52. The summed E-state index contributed by atoms with van der Waals surface area (Å²) in [7, 11) is 0. The zero-order valence-electron chi connectivity index (χ0n) is 16.5. The number of carbonyl (C=O) groups is 1. The highest BCUT2D eigenvalue weighted by atomic mass is 32.2. The second-order valence-corrected chi connectivity index (χ2v) is 8.77. The van der Waals surface area contributed by atoms with Crippen molar-refractivity contribution in [2.75, 3.05) is 5.32 Å². The quantitative estimate of drug-likeness (QED) is 0.483. The van der Waals surface area contributed by atoms with Crippen LogP contribution in [0.2, 0.25) is 0 Å². The van der Waals surface area contributed by atoms with E-state index in [1.165, 1.54) is 16.2 Å². The summed E-state index contributed by atoms with van der Waals surface area (Å²) in [6, 6.07) is 15.2. The number of carbonyl (C=O) groups excluding carboxylic acids is 1. The molecular formula is C22H20N4O2S2. The van der Waals surface area contributed by atoms with Crippen molar-refractivity contribution in [2.45, 2.75) is 26.4 Å². The molecule has 30 heavy (non-hydrogen) atoms. The number of rotatable bonds is 5. The predicted octanol–water partition coefficient (Wildman–Crippen LogP) is 3.92. The molecule has 3 aromatic rings. The molecule has 1 amide bonds. The third-order valence-corrected chi connectivity index (χ3v) is 6.02. The second-order valence-electron chi connectivity index (χ2n) is 7.09. The zero-order chi connectivity index (χ0) is 21.3. The maximum absolute atomic E-state index is 13.2. The predicted molar refractivity (Wildman–Crippen MR) is 125 cm³/mol. The third kappa shape index (κ3) is 3.88. The summed E-state index contributed by atoms with van der Waals surface area (Å²) in [5, 5.41) is 3.26. The molecule has 0 unspecified atom stereocenters. The van der Waals surface area contributed by atoms with Crippen LogP contribution in [0.3, 0.4) is 0 Å². The van der Waals surface area contributed by atoms with Gasteiger partial charge in [-0.25, -0.2) is 4.98 Å². The lowest BCUT2D eigenvalue weighted by Gasteiger charge is -2.18. The molecular weight excluding hydrogens is 416 g/mol. The first kappa shape index (κ1) is 20.3. The van der Waals surface area contributed by atoms with E-state index < -0.39 is 0 Å². The fraction of sp³-hybridized carbons (Fsp3) is 0.182. The number of pyridine rings is 1. The van der Waals surface area contributed by atoms with Crippen LogP contribution < -0.4 is 10.9 Å². The van der Waals surface area contributed by atoms with Gasteiger partial charge in [0.05, 0.1) is 10.5 Å². The van der Waals surface area contributed by atoms with Crippen LogP contribution in [0, 0.1) is 0 Å². The number of benzene rings is 1. The number of amides is 1. The zero-order valence-corrected chi connectivity index (χ0v) is 18.2. The summed E-state index contributed by atoms with van der Waals surface area (Å²) < 4.78 is 1.97. The van der Waals surface area contributed by atoms with E-state index in [0.29, 0.717) is 32.8 Å². The Morgan fingerprint density at radius 3 is 2.57 bits per heavy atom. The van der Waals surface area contributed by atoms with Crippen molar-refractivity contribution >= 4 is 51.7 Å². The van der Waals surface area contributed by atoms with Crippen molar-refractivity contribution in [1.82, 2.24) is 14.3 Å². The Hall–Kier alpha value is -2.97. The number of nitrogens with zero attached hydrogens (tertiary/aromatic N) is 3. The number of hydrogen-bond donors (Lipinski definition) is 1. The van der Waals surface area contributed by atoms with Gasteiger partial charge in [-0.3, -0.25) is 18.9 Å². The summed E-state index contributed by atoms with van der Waals surface area (Å²) >= 11 is 6.56. The van der Waals surface area contributed by atoms with Gasteiger partial charge in [-0.05, 0) is 37.6 Å². The number of anilines is 1. The van der Waals surface area contributed by atoms with Gasteiger partial charge in [-0.1, -0.05) is 60.4 Å². The molecule has 1 N–H and O–H groups in total. The molecule has 1 aromatic carbocycles. The molecule has 1 fully saturated rings. The Morgan fingerprint density at radius 2 is 1.87 bits per heavy atom. The molecule has 6 nitrogen and oxygen atoms in total. The molecule has 2 aromatic heterocycles. The topological polar surface area (TPSA) is 66.7 Å². The van der Waals surface area contributed by atoms with Gasteiger partial charge in [-0.15, -0.1) is 0 Å². The Balaban J connectivity index is 1.79. The van der Waals surface area contributed by atoms with Crippen LogP contribution in [0.25, 0.3) is 11.7 Å². The fourth-order valence-electron chi connectivity index (χ4n) is 3.21. The minimum atomic E-state index is -0.244. The van der Waals surface area contributed by atoms with Gasteiger partial charge in [0.2, 0.25) is 0 Å². The van der Waals surface area contributed by atoms with Crippen LogP contribution in [0.15, 0.2) is 64.4 Å². The SMILES string of the molecule is CC(C)N1C(=O)C(=Cc2c(NCc3ccccc3)nc3ccccn3c2=O)SC1=S. The maximum Gasteiger partial charge on any atom is 0.267 e. The Kier molecular flexibility index (Phi) is 5.69. The lowest BCUT2D eigenvalue weighted by molar-refractivity contribution is -0.123. The average molecular weight is 437 g/mol. The van der Waals surface area contributed by atoms with Crippen molar-refractivity contribution in [2.24, 2.45) is 0 Å². The standard InChI is InChI=1S/C22H20N4O2S2/c1-14(2)26-21(28)17(30-22(26)29)12-16-19(23-13-15-8-4-3-5-9-15)24-18-10-6-7-11-25(18)20(16)27/h3-12,14,23H,13H2,1-2H3. The maximum atomic E-state index is 13.2. The van der Waals surface area contributed by atoms with Crippen LogP contribution in [0.1, 0.15) is 25.0 Å². The number of hydrogen-bond acceptors (Lipinski definition) is 6. The molecule has 0 atom stereocenters. The average Bonchev–Trinajstić information content (AvgIpc) is 3.02. The van der Waals surface area contributed by atoms with Gasteiger partial charge < -0.3 is 5.32 Å². The van der Waals surface area contributed by atoms with Gasteiger partial charge in [0, 0.05) is 18.8 Å². The molecule has 1 saturated heterocycles. The largest absolute Gasteiger partial charge is 0.365 e. The number of fused-ring (bicyclic) bond motifs is 1. The van der Waals surface area contributed by atoms with E-state index in [-0.39, 0.29) is 17.5 Å². The summed E-state index contributed by atoms with van der Waals surface area (Å²) in [6.45, 7) is 4.32. The van der Waals surface area contributed by atoms with Crippen LogP contribution in [-0.4, -0.2) is 30.6 Å². The first-order chi connectivity index (χ1) is 14.5. The van der Waals surface area contributed by atoms with E-state index in [4.69, 9.17) is 12.2 Å². The smallest absolute Gasteiger partial charge is 0.267 e. The molecule has 0 bridgehead atoms. The Morgan fingerprint density at radius 1 is 1.13 bits per heavy atom. The molecule has 152 valence electrons. The fourth-order valence-corrected chi connectivity index (χ4v) is 4.71. The van der Waals surface area contributed by atoms with Crippen molar-refractivity contribution in [3.63, 3.8) is 0 Å². The number of aromatic nitrogens is 2. The molecule has 3 heterocycles. The van der Waals surface area contributed by atoms with Crippen molar-refractivity contribution in [1.29, 1.82) is 0 Å². The van der Waals surface area contributed by atoms with E-state index in [1.54, 1.807) is 29.3 Å². The highest BCUT2D eigenvalue weighted by Crippen LogP contribution is 2.34. The van der Waals surface area contributed by atoms with Crippen molar-refractivity contribution < 1.29 is 4.79 Å². The number of thiocarbonyl (C=S) groups is 1. The molecule has 0 spiro atoms. The summed E-state index contributed by atoms with van der Waals surface area (Å²) in [4.78, 5) is 32.7. The number of nitrogens with one attached hydrogen (secondary N) is 1. The molecule has 0 aliphatic carbocycles. The van der Waals surface area contributed by atoms with Crippen LogP contribution >= 0.6 is 24.0 Å². The molecule has 0 saturated carbocycles. The normalized spacial score (nSPS) is 15.6. The van der Waals surface area contributed by atoms with Gasteiger partial charge in [0.1, 0.15) is 15.8 Å². The van der Waals surface area contributed by atoms with E-state index in [0.717, 1.165) is 5.56 Å². The van der Waals surface area contributed by atoms with E-state index in [2.05, 4.69) is 10.3 Å². The highest BCUT2D eigenvalue weighted by Gasteiger charge is 2.34. The molecule has 1 aliphatic heterocycles. The van der Waals surface area contributed by atoms with Gasteiger partial charge in [0.15, 0.2) is 0 Å². The Labute approximate surface area is 183 Å². The Bertz CT molecular complexity index is 1220. The van der Waals surface area contributed by atoms with Gasteiger partial charge in [-0.2, -0.15) is 0 Å². The highest BCUT2D eigenvalue weighted by molar-refractivity contribution is 8.26. The van der Waals surface area contributed by atoms with Gasteiger partial charge in [0.25, 0.3) is 11.5 Å².